The van der Waals surface area contributed by atoms with Crippen molar-refractivity contribution >= 4 is 5.97 Å². The summed E-state index contributed by atoms with van der Waals surface area (Å²) in [5.41, 5.74) is 0. The molecule has 0 heterocycles. The van der Waals surface area contributed by atoms with Crippen LogP contribution < -0.4 is 9.47 Å². The lowest BCUT2D eigenvalue weighted by Gasteiger charge is -2.37. The second kappa shape index (κ2) is 13.1. The molecule has 36 heavy (non-hydrogen) atoms. The van der Waals surface area contributed by atoms with Gasteiger partial charge in [0.25, 0.3) is 0 Å². The molecule has 0 amide bonds. The summed E-state index contributed by atoms with van der Waals surface area (Å²) >= 11 is 0. The first kappa shape index (κ1) is 28.7. The van der Waals surface area contributed by atoms with Gasteiger partial charge in [0.1, 0.15) is 11.5 Å². The average Bonchev–Trinajstić information content (AvgIpc) is 2.85. The fraction of sp³-hybridized carbons (Fsp3) is 0.750. The molecule has 1 aromatic rings. The largest absolute Gasteiger partial charge is 0.499 e. The minimum absolute atomic E-state index is 0.0952. The molecule has 0 radical (unpaired) electrons. The van der Waals surface area contributed by atoms with Gasteiger partial charge in [-0.3, -0.25) is 4.79 Å². The summed E-state index contributed by atoms with van der Waals surface area (Å²) in [5.74, 6) is 1.13. The van der Waals surface area contributed by atoms with Crippen LogP contribution >= 0.6 is 0 Å². The zero-order chi connectivity index (χ0) is 26.2. The average molecular weight is 519 g/mol. The first-order valence-corrected chi connectivity index (χ1v) is 13.5. The predicted molar refractivity (Wildman–Crippen MR) is 128 cm³/mol. The number of benzene rings is 1. The first-order valence-electron chi connectivity index (χ1n) is 13.5. The van der Waals surface area contributed by atoms with Crippen molar-refractivity contribution in [2.75, 3.05) is 0 Å². The molecule has 0 bridgehead atoms. The molecule has 2 fully saturated rings. The lowest BCUT2D eigenvalue weighted by Crippen LogP contribution is -2.41. The van der Waals surface area contributed by atoms with Crippen molar-refractivity contribution in [3.05, 3.63) is 24.3 Å². The molecule has 3 rings (SSSR count). The smallest absolute Gasteiger partial charge is 0.426 e. The van der Waals surface area contributed by atoms with Gasteiger partial charge >= 0.3 is 18.3 Å². The highest BCUT2D eigenvalue weighted by Crippen LogP contribution is 2.43. The molecule has 0 atom stereocenters. The number of hydrogen-bond donors (Lipinski definition) is 0. The van der Waals surface area contributed by atoms with E-state index in [4.69, 9.17) is 4.74 Å². The van der Waals surface area contributed by atoms with Gasteiger partial charge in [-0.15, -0.1) is 0 Å². The normalized spacial score (nSPS) is 25.4. The first-order chi connectivity index (χ1) is 17.1. The van der Waals surface area contributed by atoms with Crippen molar-refractivity contribution in [2.45, 2.75) is 109 Å². The van der Waals surface area contributed by atoms with Crippen LogP contribution in [0.3, 0.4) is 0 Å². The van der Waals surface area contributed by atoms with Crippen molar-refractivity contribution in [2.24, 2.45) is 23.7 Å². The fourth-order valence-corrected chi connectivity index (χ4v) is 5.79. The summed E-state index contributed by atoms with van der Waals surface area (Å²) in [7, 11) is 0. The van der Waals surface area contributed by atoms with Crippen LogP contribution in [0.2, 0.25) is 0 Å². The lowest BCUT2D eigenvalue weighted by atomic mass is 9.68. The van der Waals surface area contributed by atoms with E-state index < -0.39 is 18.0 Å². The summed E-state index contributed by atoms with van der Waals surface area (Å²) in [6.45, 7) is 2.24. The Labute approximate surface area is 211 Å². The molecule has 2 saturated carbocycles. The summed E-state index contributed by atoms with van der Waals surface area (Å²) in [4.78, 5) is 12.6. The van der Waals surface area contributed by atoms with Gasteiger partial charge in [0, 0.05) is 0 Å². The van der Waals surface area contributed by atoms with E-state index in [1.54, 1.807) is 0 Å². The number of carbonyl (C=O) groups is 1. The minimum Gasteiger partial charge on any atom is -0.426 e. The number of ether oxygens (including phenoxy) is 2. The van der Waals surface area contributed by atoms with Crippen molar-refractivity contribution in [3.8, 4) is 11.5 Å². The molecule has 0 spiro atoms. The molecule has 0 saturated heterocycles. The number of esters is 1. The van der Waals surface area contributed by atoms with Gasteiger partial charge in [0.15, 0.2) is 0 Å². The van der Waals surface area contributed by atoms with Crippen molar-refractivity contribution in [3.63, 3.8) is 0 Å². The van der Waals surface area contributed by atoms with Gasteiger partial charge in [-0.2, -0.15) is 22.0 Å². The Bertz CT molecular complexity index is 792. The molecule has 204 valence electrons. The quantitative estimate of drug-likeness (QED) is 0.127. The van der Waals surface area contributed by atoms with Crippen molar-refractivity contribution in [1.82, 2.24) is 0 Å². The molecule has 3 nitrogen and oxygen atoms in total. The van der Waals surface area contributed by atoms with Crippen LogP contribution in [0.5, 0.6) is 11.5 Å². The highest BCUT2D eigenvalue weighted by atomic mass is 19.4. The van der Waals surface area contributed by atoms with Gasteiger partial charge in [0.2, 0.25) is 0 Å². The topological polar surface area (TPSA) is 35.5 Å². The van der Waals surface area contributed by atoms with Gasteiger partial charge < -0.3 is 9.47 Å². The maximum atomic E-state index is 13.0. The van der Waals surface area contributed by atoms with Crippen LogP contribution in [0, 0.1) is 23.7 Å². The van der Waals surface area contributed by atoms with Crippen LogP contribution in [0.1, 0.15) is 96.8 Å². The molecule has 0 N–H and O–H groups in total. The third-order valence-corrected chi connectivity index (χ3v) is 8.00. The van der Waals surface area contributed by atoms with E-state index in [-0.39, 0.29) is 17.6 Å². The molecular formula is C28H39F5O3. The number of alkyl halides is 5. The van der Waals surface area contributed by atoms with Gasteiger partial charge in [-0.1, -0.05) is 58.3 Å². The third-order valence-electron chi connectivity index (χ3n) is 8.00. The van der Waals surface area contributed by atoms with E-state index in [9.17, 15) is 26.7 Å². The van der Waals surface area contributed by atoms with E-state index >= 15 is 0 Å². The lowest BCUT2D eigenvalue weighted by molar-refractivity contribution is -0.360. The standard InChI is InChI=1S/C28H39F5O3/c1-2-3-4-5-6-7-20-8-10-21(11-9-20)22-12-14-23(15-13-22)26(34)35-24-16-18-25(19-17-24)36-28(32,33)27(29,30)31/h16-23H,2-15H2,1H3. The Morgan fingerprint density at radius 2 is 1.31 bits per heavy atom. The summed E-state index contributed by atoms with van der Waals surface area (Å²) in [6.07, 6.45) is 5.75. The Hall–Kier alpha value is -1.86. The van der Waals surface area contributed by atoms with Crippen molar-refractivity contribution in [1.29, 1.82) is 0 Å². The number of hydrogen-bond acceptors (Lipinski definition) is 3. The van der Waals surface area contributed by atoms with Crippen LogP contribution in [-0.2, 0) is 4.79 Å². The van der Waals surface area contributed by atoms with Crippen LogP contribution in [0.15, 0.2) is 24.3 Å². The molecule has 0 aliphatic heterocycles. The van der Waals surface area contributed by atoms with Crippen LogP contribution in [0.4, 0.5) is 22.0 Å². The molecule has 2 aliphatic rings. The predicted octanol–water partition coefficient (Wildman–Crippen LogP) is 9.10. The van der Waals surface area contributed by atoms with E-state index in [1.165, 1.54) is 64.2 Å². The molecule has 2 aliphatic carbocycles. The molecule has 1 aromatic carbocycles. The monoisotopic (exact) mass is 518 g/mol. The molecule has 8 heteroatoms. The Kier molecular flexibility index (Phi) is 10.4. The minimum atomic E-state index is -5.82. The van der Waals surface area contributed by atoms with E-state index in [0.29, 0.717) is 5.92 Å². The second-order valence-corrected chi connectivity index (χ2v) is 10.6. The van der Waals surface area contributed by atoms with Crippen LogP contribution in [0.25, 0.3) is 0 Å². The van der Waals surface area contributed by atoms with E-state index in [1.807, 2.05) is 0 Å². The molecule has 0 aromatic heterocycles. The molecule has 0 unspecified atom stereocenters. The van der Waals surface area contributed by atoms with Crippen LogP contribution in [-0.4, -0.2) is 18.3 Å². The second-order valence-electron chi connectivity index (χ2n) is 10.6. The maximum absolute atomic E-state index is 13.0. The Morgan fingerprint density at radius 3 is 1.86 bits per heavy atom. The zero-order valence-electron chi connectivity index (χ0n) is 21.1. The third kappa shape index (κ3) is 8.34. The zero-order valence-corrected chi connectivity index (χ0v) is 21.1. The molecular weight excluding hydrogens is 479 g/mol. The number of unbranched alkanes of at least 4 members (excludes halogenated alkanes) is 4. The maximum Gasteiger partial charge on any atom is 0.499 e. The number of rotatable bonds is 11. The number of carbonyl (C=O) groups excluding carboxylic acids is 1. The van der Waals surface area contributed by atoms with Crippen molar-refractivity contribution < 1.29 is 36.2 Å². The number of halogens is 5. The summed E-state index contributed by atoms with van der Waals surface area (Å²) in [6, 6.07) is 4.18. The SMILES string of the molecule is CCCCCCCC1CCC(C2CCC(C(=O)Oc3ccc(OC(F)(F)C(F)(F)F)cc3)CC2)CC1. The van der Waals surface area contributed by atoms with Gasteiger partial charge in [-0.05, 0) is 80.5 Å². The summed E-state index contributed by atoms with van der Waals surface area (Å²) < 4.78 is 72.0. The fourth-order valence-electron chi connectivity index (χ4n) is 5.79. The Morgan fingerprint density at radius 1 is 0.778 bits per heavy atom. The highest BCUT2D eigenvalue weighted by Gasteiger charge is 2.61. The van der Waals surface area contributed by atoms with Gasteiger partial charge in [-0.25, -0.2) is 0 Å². The van der Waals surface area contributed by atoms with E-state index in [2.05, 4.69) is 11.7 Å². The van der Waals surface area contributed by atoms with E-state index in [0.717, 1.165) is 61.8 Å². The Balaban J connectivity index is 1.36. The summed E-state index contributed by atoms with van der Waals surface area (Å²) in [5, 5.41) is 0. The highest BCUT2D eigenvalue weighted by molar-refractivity contribution is 5.75. The van der Waals surface area contributed by atoms with Gasteiger partial charge in [0.05, 0.1) is 5.92 Å².